The molecule has 0 aliphatic rings. The molecule has 0 saturated heterocycles. The van der Waals surface area contributed by atoms with Crippen molar-refractivity contribution in [1.29, 1.82) is 0 Å². The fraction of sp³-hybridized carbons (Fsp3) is 0.227. The summed E-state index contributed by atoms with van der Waals surface area (Å²) < 4.78 is 0. The first-order chi connectivity index (χ1) is 11.4. The largest absolute Gasteiger partial charge is 0.380 e. The number of rotatable bonds is 3. The van der Waals surface area contributed by atoms with Gasteiger partial charge in [0, 0.05) is 16.6 Å². The summed E-state index contributed by atoms with van der Waals surface area (Å²) in [6.45, 7) is 5.41. The van der Waals surface area contributed by atoms with Gasteiger partial charge >= 0.3 is 0 Å². The van der Waals surface area contributed by atoms with E-state index in [2.05, 4.69) is 11.8 Å². The van der Waals surface area contributed by atoms with E-state index in [0.717, 1.165) is 11.1 Å². The van der Waals surface area contributed by atoms with Crippen LogP contribution in [0.4, 0.5) is 0 Å². The van der Waals surface area contributed by atoms with Crippen molar-refractivity contribution in [1.82, 2.24) is 0 Å². The van der Waals surface area contributed by atoms with E-state index in [1.165, 1.54) is 0 Å². The van der Waals surface area contributed by atoms with Crippen LogP contribution in [0.5, 0.6) is 0 Å². The van der Waals surface area contributed by atoms with Crippen LogP contribution in [0.25, 0.3) is 5.57 Å². The molecule has 0 amide bonds. The lowest BCUT2D eigenvalue weighted by Gasteiger charge is -2.22. The Morgan fingerprint density at radius 2 is 1.54 bits per heavy atom. The second kappa shape index (κ2) is 7.77. The van der Waals surface area contributed by atoms with Gasteiger partial charge in [0.15, 0.2) is 5.78 Å². The molecule has 2 rings (SSSR count). The van der Waals surface area contributed by atoms with Crippen molar-refractivity contribution in [2.75, 3.05) is 0 Å². The maximum Gasteiger partial charge on any atom is 0.171 e. The van der Waals surface area contributed by atoms with Gasteiger partial charge < -0.3 is 5.11 Å². The normalized spacial score (nSPS) is 12.9. The highest BCUT2D eigenvalue weighted by molar-refractivity contribution is 5.99. The second-order valence-electron chi connectivity index (χ2n) is 6.62. The van der Waals surface area contributed by atoms with Crippen LogP contribution in [0.2, 0.25) is 0 Å². The van der Waals surface area contributed by atoms with Crippen molar-refractivity contribution in [3.05, 3.63) is 77.9 Å². The summed E-state index contributed by atoms with van der Waals surface area (Å²) in [5.41, 5.74) is 1.59. The Labute approximate surface area is 143 Å². The standard InChI is InChI=1S/C22H22O2/c1-22(2,3)21(24)20(23)19(18-14-8-5-9-15-18)16-10-13-17-11-6-4-7-12-17/h4-9,11-12,14-16,20,23H,1-3H3/b19-16+. The molecule has 0 bridgehead atoms. The summed E-state index contributed by atoms with van der Waals surface area (Å²) in [4.78, 5) is 12.5. The van der Waals surface area contributed by atoms with E-state index in [4.69, 9.17) is 0 Å². The van der Waals surface area contributed by atoms with E-state index >= 15 is 0 Å². The number of allylic oxidation sites excluding steroid dienone is 1. The fourth-order valence-electron chi connectivity index (χ4n) is 2.22. The topological polar surface area (TPSA) is 37.3 Å². The van der Waals surface area contributed by atoms with Crippen molar-refractivity contribution < 1.29 is 9.90 Å². The molecule has 0 radical (unpaired) electrons. The van der Waals surface area contributed by atoms with E-state index in [1.807, 2.05) is 60.7 Å². The monoisotopic (exact) mass is 318 g/mol. The molecule has 2 nitrogen and oxygen atoms in total. The van der Waals surface area contributed by atoms with Gasteiger partial charge in [0.05, 0.1) is 0 Å². The zero-order valence-electron chi connectivity index (χ0n) is 14.3. The van der Waals surface area contributed by atoms with Gasteiger partial charge in [0.1, 0.15) is 6.10 Å². The number of ketones is 1. The minimum atomic E-state index is -1.20. The lowest BCUT2D eigenvalue weighted by molar-refractivity contribution is -0.132. The summed E-state index contributed by atoms with van der Waals surface area (Å²) >= 11 is 0. The number of aliphatic hydroxyl groups is 1. The number of hydrogen-bond acceptors (Lipinski definition) is 2. The Hall–Kier alpha value is -2.63. The van der Waals surface area contributed by atoms with E-state index in [-0.39, 0.29) is 5.78 Å². The number of carbonyl (C=O) groups is 1. The molecule has 0 saturated carbocycles. The summed E-state index contributed by atoms with van der Waals surface area (Å²) in [5, 5.41) is 10.6. The smallest absolute Gasteiger partial charge is 0.171 e. The molecule has 1 atom stereocenters. The highest BCUT2D eigenvalue weighted by atomic mass is 16.3. The molecule has 0 aliphatic heterocycles. The average Bonchev–Trinajstić information content (AvgIpc) is 2.58. The third-order valence-electron chi connectivity index (χ3n) is 3.61. The Kier molecular flexibility index (Phi) is 5.73. The van der Waals surface area contributed by atoms with Gasteiger partial charge in [-0.3, -0.25) is 4.79 Å². The first kappa shape index (κ1) is 17.7. The third kappa shape index (κ3) is 4.68. The molecule has 1 N–H and O–H groups in total. The van der Waals surface area contributed by atoms with E-state index in [0.29, 0.717) is 5.57 Å². The van der Waals surface area contributed by atoms with Crippen molar-refractivity contribution in [3.8, 4) is 11.8 Å². The summed E-state index contributed by atoms with van der Waals surface area (Å²) in [6.07, 6.45) is 0.439. The van der Waals surface area contributed by atoms with Crippen LogP contribution in [0, 0.1) is 17.3 Å². The molecule has 122 valence electrons. The highest BCUT2D eigenvalue weighted by Gasteiger charge is 2.30. The van der Waals surface area contributed by atoms with E-state index in [9.17, 15) is 9.90 Å². The van der Waals surface area contributed by atoms with Gasteiger partial charge in [-0.15, -0.1) is 0 Å². The molecule has 0 aromatic heterocycles. The number of benzene rings is 2. The highest BCUT2D eigenvalue weighted by Crippen LogP contribution is 2.25. The van der Waals surface area contributed by atoms with Crippen LogP contribution >= 0.6 is 0 Å². The SMILES string of the molecule is CC(C)(C)C(=O)C(O)/C(=C/C#Cc1ccccc1)c1ccccc1. The van der Waals surface area contributed by atoms with Crippen molar-refractivity contribution in [2.24, 2.45) is 5.41 Å². The van der Waals surface area contributed by atoms with Crippen LogP contribution in [0.3, 0.4) is 0 Å². The molecular weight excluding hydrogens is 296 g/mol. The first-order valence-electron chi connectivity index (χ1n) is 7.94. The molecule has 0 aliphatic carbocycles. The fourth-order valence-corrected chi connectivity index (χ4v) is 2.22. The molecule has 2 aromatic rings. The Balaban J connectivity index is 2.39. The molecule has 1 unspecified atom stereocenters. The summed E-state index contributed by atoms with van der Waals surface area (Å²) in [5.74, 6) is 5.77. The molecule has 0 spiro atoms. The predicted molar refractivity (Wildman–Crippen MR) is 98.2 cm³/mol. The zero-order valence-corrected chi connectivity index (χ0v) is 14.3. The number of aliphatic hydroxyl groups excluding tert-OH is 1. The maximum absolute atomic E-state index is 12.5. The number of hydrogen-bond donors (Lipinski definition) is 1. The lowest BCUT2D eigenvalue weighted by Crippen LogP contribution is -2.33. The zero-order chi connectivity index (χ0) is 17.6. The van der Waals surface area contributed by atoms with Crippen LogP contribution < -0.4 is 0 Å². The van der Waals surface area contributed by atoms with Crippen LogP contribution in [-0.4, -0.2) is 17.0 Å². The summed E-state index contributed by atoms with van der Waals surface area (Å²) in [6, 6.07) is 19.0. The van der Waals surface area contributed by atoms with Gasteiger partial charge in [0.25, 0.3) is 0 Å². The molecular formula is C22H22O2. The van der Waals surface area contributed by atoms with E-state index < -0.39 is 11.5 Å². The van der Waals surface area contributed by atoms with Crippen molar-refractivity contribution >= 4 is 11.4 Å². The van der Waals surface area contributed by atoms with Crippen LogP contribution in [-0.2, 0) is 4.79 Å². The van der Waals surface area contributed by atoms with E-state index in [1.54, 1.807) is 26.8 Å². The molecule has 24 heavy (non-hydrogen) atoms. The number of Topliss-reactive ketones (excluding diaryl/α,β-unsaturated/α-hetero) is 1. The maximum atomic E-state index is 12.5. The molecule has 0 fully saturated rings. The van der Waals surface area contributed by atoms with Crippen LogP contribution in [0.1, 0.15) is 31.9 Å². The van der Waals surface area contributed by atoms with Gasteiger partial charge in [-0.25, -0.2) is 0 Å². The van der Waals surface area contributed by atoms with Gasteiger partial charge in [-0.1, -0.05) is 81.1 Å². The Morgan fingerprint density at radius 1 is 1.00 bits per heavy atom. The first-order valence-corrected chi connectivity index (χ1v) is 7.94. The van der Waals surface area contributed by atoms with Crippen molar-refractivity contribution in [2.45, 2.75) is 26.9 Å². The van der Waals surface area contributed by atoms with Gasteiger partial charge in [-0.2, -0.15) is 0 Å². The third-order valence-corrected chi connectivity index (χ3v) is 3.61. The van der Waals surface area contributed by atoms with Gasteiger partial charge in [-0.05, 0) is 23.8 Å². The Bertz CT molecular complexity index is 769. The minimum absolute atomic E-state index is 0.223. The Morgan fingerprint density at radius 3 is 2.08 bits per heavy atom. The molecule has 2 aromatic carbocycles. The quantitative estimate of drug-likeness (QED) is 0.865. The second-order valence-corrected chi connectivity index (χ2v) is 6.62. The number of carbonyl (C=O) groups excluding carboxylic acids is 1. The predicted octanol–water partition coefficient (Wildman–Crippen LogP) is 4.10. The molecule has 2 heteroatoms. The van der Waals surface area contributed by atoms with Gasteiger partial charge in [0.2, 0.25) is 0 Å². The minimum Gasteiger partial charge on any atom is -0.380 e. The molecule has 0 heterocycles. The average molecular weight is 318 g/mol. The van der Waals surface area contributed by atoms with Crippen molar-refractivity contribution in [3.63, 3.8) is 0 Å². The summed E-state index contributed by atoms with van der Waals surface area (Å²) in [7, 11) is 0. The lowest BCUT2D eigenvalue weighted by atomic mass is 9.83. The van der Waals surface area contributed by atoms with Crippen LogP contribution in [0.15, 0.2) is 66.7 Å².